The van der Waals surface area contributed by atoms with Crippen LogP contribution in [0.5, 0.6) is 0 Å². The first-order chi connectivity index (χ1) is 18.5. The molecule has 2 unspecified atom stereocenters. The smallest absolute Gasteiger partial charge is 0.251 e. The van der Waals surface area contributed by atoms with Gasteiger partial charge in [-0.05, 0) is 81.7 Å². The summed E-state index contributed by atoms with van der Waals surface area (Å²) in [5.74, 6) is 0.430. The first-order valence-electron chi connectivity index (χ1n) is 13.5. The molecule has 0 spiro atoms. The fraction of sp³-hybridized carbons (Fsp3) is 0.464. The van der Waals surface area contributed by atoms with E-state index in [0.717, 1.165) is 36.3 Å². The average molecular weight is 520 g/mol. The van der Waals surface area contributed by atoms with E-state index in [1.165, 1.54) is 18.4 Å². The largest absolute Gasteiger partial charge is 0.356 e. The summed E-state index contributed by atoms with van der Waals surface area (Å²) < 4.78 is 7.08. The number of rotatable bonds is 9. The second-order valence-electron chi connectivity index (χ2n) is 9.92. The standard InChI is InChI=1S/C28H37N7O3/c1-3-38-28(37)34-17-13-20(14-18-34)24-8-6-16-35-25(24)31-27(32-35)30-22-11-9-21(10-12-22)26(36)29-19-23-7-4-5-15-33(23)2/h6,8-13,16,23,28,37H,3-5,7,14-15,17-19H2,1-2H3,(H,29,36)(H,30,32). The predicted octanol–water partition coefficient (Wildman–Crippen LogP) is 3.09. The number of hydrogen-bond donors (Lipinski definition) is 3. The van der Waals surface area contributed by atoms with Crippen molar-refractivity contribution in [1.29, 1.82) is 0 Å². The lowest BCUT2D eigenvalue weighted by atomic mass is 10.0. The third kappa shape index (κ3) is 6.05. The van der Waals surface area contributed by atoms with Gasteiger partial charge in [-0.2, -0.15) is 4.98 Å². The summed E-state index contributed by atoms with van der Waals surface area (Å²) in [6.45, 7) is 5.41. The summed E-state index contributed by atoms with van der Waals surface area (Å²) in [5.41, 5.74) is 4.40. The highest BCUT2D eigenvalue weighted by Crippen LogP contribution is 2.27. The Bertz CT molecular complexity index is 1270. The van der Waals surface area contributed by atoms with Gasteiger partial charge < -0.3 is 25.4 Å². The molecule has 1 saturated heterocycles. The number of anilines is 2. The number of likely N-dealkylation sites (tertiary alicyclic amines) is 1. The van der Waals surface area contributed by atoms with Crippen LogP contribution in [0.4, 0.5) is 11.6 Å². The molecule has 3 N–H and O–H groups in total. The van der Waals surface area contributed by atoms with Crippen molar-refractivity contribution < 1.29 is 14.6 Å². The van der Waals surface area contributed by atoms with Gasteiger partial charge in [0.05, 0.1) is 0 Å². The predicted molar refractivity (Wildman–Crippen MR) is 147 cm³/mol. The van der Waals surface area contributed by atoms with Crippen LogP contribution >= 0.6 is 0 Å². The van der Waals surface area contributed by atoms with E-state index in [0.29, 0.717) is 43.8 Å². The number of benzene rings is 1. The number of hydrogen-bond acceptors (Lipinski definition) is 8. The minimum Gasteiger partial charge on any atom is -0.356 e. The molecule has 5 rings (SSSR count). The van der Waals surface area contributed by atoms with Crippen LogP contribution < -0.4 is 10.6 Å². The molecule has 0 saturated carbocycles. The molecule has 0 radical (unpaired) electrons. The normalized spacial score (nSPS) is 19.8. The molecule has 2 atom stereocenters. The third-order valence-corrected chi connectivity index (χ3v) is 7.40. The highest BCUT2D eigenvalue weighted by molar-refractivity contribution is 5.94. The number of aliphatic hydroxyl groups excluding tert-OH is 1. The molecule has 10 nitrogen and oxygen atoms in total. The first kappa shape index (κ1) is 26.3. The van der Waals surface area contributed by atoms with Crippen LogP contribution in [0.25, 0.3) is 11.2 Å². The minimum atomic E-state index is -0.881. The van der Waals surface area contributed by atoms with Crippen molar-refractivity contribution in [3.05, 3.63) is 59.8 Å². The van der Waals surface area contributed by atoms with Crippen LogP contribution in [-0.2, 0) is 4.74 Å². The lowest BCUT2D eigenvalue weighted by molar-refractivity contribution is -0.187. The molecule has 0 aliphatic carbocycles. The van der Waals surface area contributed by atoms with Crippen LogP contribution in [-0.4, -0.2) is 87.7 Å². The zero-order chi connectivity index (χ0) is 26.5. The summed E-state index contributed by atoms with van der Waals surface area (Å²) in [7, 11) is 2.13. The van der Waals surface area contributed by atoms with E-state index in [9.17, 15) is 9.90 Å². The Kier molecular flexibility index (Phi) is 8.33. The van der Waals surface area contributed by atoms with Gasteiger partial charge in [-0.1, -0.05) is 12.5 Å². The number of carbonyl (C=O) groups excluding carboxylic acids is 1. The first-order valence-corrected chi connectivity index (χ1v) is 13.5. The fourth-order valence-electron chi connectivity index (χ4n) is 5.14. The monoisotopic (exact) mass is 519 g/mol. The number of nitrogens with one attached hydrogen (secondary N) is 2. The molecule has 3 aromatic rings. The number of aromatic nitrogens is 3. The zero-order valence-corrected chi connectivity index (χ0v) is 22.1. The van der Waals surface area contributed by atoms with E-state index in [1.807, 2.05) is 54.4 Å². The number of ether oxygens (including phenoxy) is 1. The Morgan fingerprint density at radius 2 is 2.05 bits per heavy atom. The molecule has 2 aromatic heterocycles. The van der Waals surface area contributed by atoms with Crippen molar-refractivity contribution in [3.8, 4) is 0 Å². The van der Waals surface area contributed by atoms with Crippen LogP contribution in [0.3, 0.4) is 0 Å². The molecule has 202 valence electrons. The Morgan fingerprint density at radius 1 is 1.21 bits per heavy atom. The maximum Gasteiger partial charge on any atom is 0.251 e. The van der Waals surface area contributed by atoms with Gasteiger partial charge in [0, 0.05) is 55.3 Å². The summed E-state index contributed by atoms with van der Waals surface area (Å²) in [4.78, 5) is 21.6. The fourth-order valence-corrected chi connectivity index (χ4v) is 5.14. The number of nitrogens with zero attached hydrogens (tertiary/aromatic N) is 5. The minimum absolute atomic E-state index is 0.0564. The topological polar surface area (TPSA) is 107 Å². The summed E-state index contributed by atoms with van der Waals surface area (Å²) >= 11 is 0. The van der Waals surface area contributed by atoms with Gasteiger partial charge in [0.15, 0.2) is 5.65 Å². The third-order valence-electron chi connectivity index (χ3n) is 7.40. The van der Waals surface area contributed by atoms with Crippen molar-refractivity contribution >= 4 is 28.8 Å². The van der Waals surface area contributed by atoms with Crippen LogP contribution in [0.2, 0.25) is 0 Å². The number of amides is 1. The van der Waals surface area contributed by atoms with E-state index in [4.69, 9.17) is 9.72 Å². The van der Waals surface area contributed by atoms with Crippen molar-refractivity contribution in [1.82, 2.24) is 29.7 Å². The van der Waals surface area contributed by atoms with Gasteiger partial charge in [0.2, 0.25) is 12.4 Å². The van der Waals surface area contributed by atoms with Crippen molar-refractivity contribution in [3.63, 3.8) is 0 Å². The Labute approximate surface area is 223 Å². The maximum absolute atomic E-state index is 12.7. The molecule has 1 fully saturated rings. The van der Waals surface area contributed by atoms with E-state index >= 15 is 0 Å². The van der Waals surface area contributed by atoms with Gasteiger partial charge in [-0.25, -0.2) is 4.52 Å². The molecule has 10 heteroatoms. The van der Waals surface area contributed by atoms with E-state index in [1.54, 1.807) is 4.52 Å². The lowest BCUT2D eigenvalue weighted by Crippen LogP contribution is -2.44. The maximum atomic E-state index is 12.7. The van der Waals surface area contributed by atoms with Crippen LogP contribution in [0, 0.1) is 0 Å². The van der Waals surface area contributed by atoms with Gasteiger partial charge in [-0.15, -0.1) is 5.10 Å². The lowest BCUT2D eigenvalue weighted by Gasteiger charge is -2.32. The molecule has 2 aliphatic rings. The summed E-state index contributed by atoms with van der Waals surface area (Å²) in [5, 5.41) is 21.0. The molecule has 2 aliphatic heterocycles. The van der Waals surface area contributed by atoms with Gasteiger partial charge >= 0.3 is 0 Å². The summed E-state index contributed by atoms with van der Waals surface area (Å²) in [6.07, 6.45) is 7.46. The number of carbonyl (C=O) groups is 1. The Hall–Kier alpha value is -3.31. The van der Waals surface area contributed by atoms with E-state index in [2.05, 4.69) is 33.8 Å². The molecule has 0 bridgehead atoms. The molecule has 38 heavy (non-hydrogen) atoms. The van der Waals surface area contributed by atoms with Crippen LogP contribution in [0.1, 0.15) is 48.5 Å². The molecule has 1 amide bonds. The van der Waals surface area contributed by atoms with Gasteiger partial charge in [0.25, 0.3) is 5.91 Å². The number of pyridine rings is 1. The van der Waals surface area contributed by atoms with Crippen LogP contribution in [0.15, 0.2) is 48.7 Å². The zero-order valence-electron chi connectivity index (χ0n) is 22.1. The Morgan fingerprint density at radius 3 is 2.79 bits per heavy atom. The second-order valence-corrected chi connectivity index (χ2v) is 9.92. The van der Waals surface area contributed by atoms with E-state index < -0.39 is 6.41 Å². The van der Waals surface area contributed by atoms with Gasteiger partial charge in [0.1, 0.15) is 0 Å². The molecular formula is C28H37N7O3. The molecule has 1 aromatic carbocycles. The second kappa shape index (κ2) is 12.0. The summed E-state index contributed by atoms with van der Waals surface area (Å²) in [6, 6.07) is 11.8. The van der Waals surface area contributed by atoms with Crippen molar-refractivity contribution in [2.45, 2.75) is 45.1 Å². The molecular weight excluding hydrogens is 482 g/mol. The van der Waals surface area contributed by atoms with E-state index in [-0.39, 0.29) is 5.91 Å². The quantitative estimate of drug-likeness (QED) is 0.370. The highest BCUT2D eigenvalue weighted by Gasteiger charge is 2.22. The van der Waals surface area contributed by atoms with Crippen molar-refractivity contribution in [2.75, 3.05) is 45.2 Å². The number of piperidine rings is 1. The highest BCUT2D eigenvalue weighted by atomic mass is 16.6. The van der Waals surface area contributed by atoms with Gasteiger partial charge in [-0.3, -0.25) is 9.69 Å². The molecule has 4 heterocycles. The average Bonchev–Trinajstić information content (AvgIpc) is 3.35. The number of likely N-dealkylation sites (N-methyl/N-ethyl adjacent to an activating group) is 1. The SMILES string of the molecule is CCOC(O)N1CC=C(c2cccn3nc(Nc4ccc(C(=O)NCC5CCCCN5C)cc4)nc23)CC1. The van der Waals surface area contributed by atoms with Crippen molar-refractivity contribution in [2.24, 2.45) is 0 Å². The Balaban J connectivity index is 1.22. The number of aliphatic hydroxyl groups is 1. The number of fused-ring (bicyclic) bond motifs is 1.